The predicted molar refractivity (Wildman–Crippen MR) is 79.1 cm³/mol. The van der Waals surface area contributed by atoms with Crippen molar-refractivity contribution in [3.8, 4) is 5.69 Å². The molecule has 0 radical (unpaired) electrons. The minimum atomic E-state index is -0.164. The van der Waals surface area contributed by atoms with Gasteiger partial charge in [-0.15, -0.1) is 11.3 Å². The molecule has 2 heterocycles. The molecule has 4 nitrogen and oxygen atoms in total. The lowest BCUT2D eigenvalue weighted by molar-refractivity contribution is 0.801. The van der Waals surface area contributed by atoms with Crippen molar-refractivity contribution in [2.45, 2.75) is 13.8 Å². The fraction of sp³-hybridized carbons (Fsp3) is 0.143. The van der Waals surface area contributed by atoms with Crippen molar-refractivity contribution >= 4 is 27.1 Å². The highest BCUT2D eigenvalue weighted by atomic mass is 32.1. The van der Waals surface area contributed by atoms with E-state index in [0.29, 0.717) is 10.4 Å². The average Bonchev–Trinajstić information content (AvgIpc) is 2.78. The predicted octanol–water partition coefficient (Wildman–Crippen LogP) is 2.65. The summed E-state index contributed by atoms with van der Waals surface area (Å²) in [4.78, 5) is 12.5. The van der Waals surface area contributed by atoms with Crippen LogP contribution in [0.4, 0.5) is 5.00 Å². The maximum atomic E-state index is 12.5. The maximum Gasteiger partial charge on any atom is 0.282 e. The van der Waals surface area contributed by atoms with Crippen LogP contribution in [0.1, 0.15) is 11.3 Å². The Bertz CT molecular complexity index is 815. The molecule has 5 heteroatoms. The first-order valence-electron chi connectivity index (χ1n) is 5.91. The monoisotopic (exact) mass is 271 g/mol. The van der Waals surface area contributed by atoms with Crippen LogP contribution in [0, 0.1) is 13.8 Å². The molecule has 96 valence electrons. The quantitative estimate of drug-likeness (QED) is 0.740. The number of thiophene rings is 1. The molecule has 0 unspecified atom stereocenters. The van der Waals surface area contributed by atoms with E-state index in [2.05, 4.69) is 5.10 Å². The molecule has 0 aliphatic carbocycles. The number of nitrogen functional groups attached to an aromatic ring is 1. The zero-order chi connectivity index (χ0) is 13.6. The van der Waals surface area contributed by atoms with Gasteiger partial charge in [0.2, 0.25) is 0 Å². The Morgan fingerprint density at radius 3 is 2.58 bits per heavy atom. The Labute approximate surface area is 114 Å². The summed E-state index contributed by atoms with van der Waals surface area (Å²) >= 11 is 1.38. The number of hydrogen-bond donors (Lipinski definition) is 1. The lowest BCUT2D eigenvalue weighted by atomic mass is 10.2. The van der Waals surface area contributed by atoms with Gasteiger partial charge < -0.3 is 5.73 Å². The molecule has 0 fully saturated rings. The fourth-order valence-corrected chi connectivity index (χ4v) is 2.92. The first-order valence-corrected chi connectivity index (χ1v) is 6.79. The van der Waals surface area contributed by atoms with Gasteiger partial charge in [-0.1, -0.05) is 17.7 Å². The molecule has 0 aliphatic rings. The van der Waals surface area contributed by atoms with Crippen molar-refractivity contribution in [3.05, 3.63) is 51.3 Å². The lowest BCUT2D eigenvalue weighted by Crippen LogP contribution is -2.22. The summed E-state index contributed by atoms with van der Waals surface area (Å²) in [5.74, 6) is 0. The van der Waals surface area contributed by atoms with Gasteiger partial charge in [-0.3, -0.25) is 4.79 Å². The van der Waals surface area contributed by atoms with E-state index in [1.807, 2.05) is 43.5 Å². The number of rotatable bonds is 1. The van der Waals surface area contributed by atoms with Crippen LogP contribution < -0.4 is 11.3 Å². The topological polar surface area (TPSA) is 60.9 Å². The third-order valence-electron chi connectivity index (χ3n) is 3.14. The summed E-state index contributed by atoms with van der Waals surface area (Å²) < 4.78 is 1.42. The van der Waals surface area contributed by atoms with Gasteiger partial charge in [-0.25, -0.2) is 0 Å². The molecule has 0 spiro atoms. The van der Waals surface area contributed by atoms with Crippen molar-refractivity contribution < 1.29 is 0 Å². The van der Waals surface area contributed by atoms with Crippen LogP contribution in [0.3, 0.4) is 0 Å². The molecule has 2 N–H and O–H groups in total. The van der Waals surface area contributed by atoms with E-state index in [1.165, 1.54) is 16.0 Å². The zero-order valence-electron chi connectivity index (χ0n) is 10.7. The van der Waals surface area contributed by atoms with Crippen LogP contribution in [0.15, 0.2) is 34.4 Å². The largest absolute Gasteiger partial charge is 0.390 e. The van der Waals surface area contributed by atoms with Gasteiger partial charge in [0.25, 0.3) is 5.56 Å². The molecule has 0 atom stereocenters. The minimum absolute atomic E-state index is 0.164. The summed E-state index contributed by atoms with van der Waals surface area (Å²) in [7, 11) is 0. The Morgan fingerprint density at radius 2 is 1.89 bits per heavy atom. The molecule has 3 rings (SSSR count). The Balaban J connectivity index is 2.36. The highest BCUT2D eigenvalue weighted by Crippen LogP contribution is 2.26. The Kier molecular flexibility index (Phi) is 2.64. The maximum absolute atomic E-state index is 12.5. The van der Waals surface area contributed by atoms with Crippen molar-refractivity contribution in [1.82, 2.24) is 9.78 Å². The molecule has 2 aromatic heterocycles. The van der Waals surface area contributed by atoms with E-state index in [0.717, 1.165) is 22.3 Å². The van der Waals surface area contributed by atoms with Gasteiger partial charge in [-0.05, 0) is 26.0 Å². The second-order valence-electron chi connectivity index (χ2n) is 4.53. The van der Waals surface area contributed by atoms with Crippen LogP contribution in [0.25, 0.3) is 16.5 Å². The molecular formula is C14H13N3OS. The van der Waals surface area contributed by atoms with Crippen molar-refractivity contribution in [2.24, 2.45) is 0 Å². The van der Waals surface area contributed by atoms with Crippen molar-refractivity contribution in [1.29, 1.82) is 0 Å². The molecule has 0 amide bonds. The van der Waals surface area contributed by atoms with Crippen LogP contribution >= 0.6 is 11.3 Å². The minimum Gasteiger partial charge on any atom is -0.390 e. The van der Waals surface area contributed by atoms with Crippen LogP contribution in [-0.4, -0.2) is 9.78 Å². The van der Waals surface area contributed by atoms with Gasteiger partial charge in [-0.2, -0.15) is 9.78 Å². The summed E-state index contributed by atoms with van der Waals surface area (Å²) in [5.41, 5.74) is 8.44. The molecule has 19 heavy (non-hydrogen) atoms. The average molecular weight is 271 g/mol. The molecule has 0 saturated heterocycles. The zero-order valence-corrected chi connectivity index (χ0v) is 11.5. The summed E-state index contributed by atoms with van der Waals surface area (Å²) in [6, 6.07) is 7.69. The molecule has 3 aromatic rings. The Hall–Kier alpha value is -2.14. The molecular weight excluding hydrogens is 258 g/mol. The van der Waals surface area contributed by atoms with Crippen molar-refractivity contribution in [2.75, 3.05) is 5.73 Å². The number of benzene rings is 1. The van der Waals surface area contributed by atoms with Gasteiger partial charge in [0.05, 0.1) is 21.8 Å². The number of nitrogens with zero attached hydrogens (tertiary/aromatic N) is 2. The third kappa shape index (κ3) is 1.82. The molecule has 0 saturated carbocycles. The summed E-state index contributed by atoms with van der Waals surface area (Å²) in [6.45, 7) is 3.89. The smallest absolute Gasteiger partial charge is 0.282 e. The fourth-order valence-electron chi connectivity index (χ4n) is 2.08. The molecule has 0 aliphatic heterocycles. The summed E-state index contributed by atoms with van der Waals surface area (Å²) in [6.07, 6.45) is 0. The normalized spacial score (nSPS) is 11.1. The number of aromatic nitrogens is 2. The van der Waals surface area contributed by atoms with Crippen molar-refractivity contribution in [3.63, 3.8) is 0 Å². The summed E-state index contributed by atoms with van der Waals surface area (Å²) in [5, 5.41) is 8.21. The van der Waals surface area contributed by atoms with E-state index < -0.39 is 0 Å². The van der Waals surface area contributed by atoms with Crippen LogP contribution in [-0.2, 0) is 0 Å². The van der Waals surface area contributed by atoms with Gasteiger partial charge in [0.15, 0.2) is 0 Å². The third-order valence-corrected chi connectivity index (χ3v) is 3.96. The number of aryl methyl sites for hydroxylation is 2. The van der Waals surface area contributed by atoms with E-state index in [-0.39, 0.29) is 5.56 Å². The number of anilines is 1. The van der Waals surface area contributed by atoms with E-state index in [4.69, 9.17) is 5.73 Å². The van der Waals surface area contributed by atoms with Gasteiger partial charge in [0.1, 0.15) is 0 Å². The van der Waals surface area contributed by atoms with Gasteiger partial charge in [0, 0.05) is 10.8 Å². The van der Waals surface area contributed by atoms with Gasteiger partial charge >= 0.3 is 0 Å². The standard InChI is InChI=1S/C14H13N3OS/c1-8-3-5-10(6-4-8)17-14(18)12-11(9(2)16-17)7-19-13(12)15/h3-7H,15H2,1-2H3. The van der Waals surface area contributed by atoms with E-state index in [1.54, 1.807) is 0 Å². The number of fused-ring (bicyclic) bond motifs is 1. The highest BCUT2D eigenvalue weighted by Gasteiger charge is 2.13. The second-order valence-corrected chi connectivity index (χ2v) is 5.44. The molecule has 0 bridgehead atoms. The molecule has 1 aromatic carbocycles. The highest BCUT2D eigenvalue weighted by molar-refractivity contribution is 7.15. The SMILES string of the molecule is Cc1ccc(-n2nc(C)c3csc(N)c3c2=O)cc1. The first-order chi connectivity index (χ1) is 9.08. The van der Waals surface area contributed by atoms with Crippen LogP contribution in [0.5, 0.6) is 0 Å². The number of hydrogen-bond acceptors (Lipinski definition) is 4. The van der Waals surface area contributed by atoms with Crippen LogP contribution in [0.2, 0.25) is 0 Å². The van der Waals surface area contributed by atoms with E-state index in [9.17, 15) is 4.79 Å². The lowest BCUT2D eigenvalue weighted by Gasteiger charge is -2.07. The van der Waals surface area contributed by atoms with E-state index >= 15 is 0 Å². The second kappa shape index (κ2) is 4.20. The number of nitrogens with two attached hydrogens (primary N) is 1. The first kappa shape index (κ1) is 11.9. The Morgan fingerprint density at radius 1 is 1.21 bits per heavy atom.